The van der Waals surface area contributed by atoms with Gasteiger partial charge in [-0.1, -0.05) is 90.4 Å². The van der Waals surface area contributed by atoms with Crippen LogP contribution in [0.4, 0.5) is 0 Å². The topological polar surface area (TPSA) is 81.4 Å². The molecule has 1 amide bonds. The Kier molecular flexibility index (Phi) is 8.69. The number of carbonyl (C=O) groups is 1. The molecule has 0 aliphatic carbocycles. The third kappa shape index (κ3) is 6.71. The van der Waals surface area contributed by atoms with Crippen LogP contribution in [0.1, 0.15) is 37.5 Å². The maximum absolute atomic E-state index is 12.6. The third-order valence-corrected chi connectivity index (χ3v) is 7.27. The van der Waals surface area contributed by atoms with E-state index in [0.29, 0.717) is 10.9 Å². The summed E-state index contributed by atoms with van der Waals surface area (Å²) in [5, 5.41) is 13.6. The zero-order valence-corrected chi connectivity index (χ0v) is 24.4. The molecule has 0 radical (unpaired) electrons. The molecular formula is C29H30BrN5O2S. The highest BCUT2D eigenvalue weighted by molar-refractivity contribution is 9.10. The fraction of sp³-hybridized carbons (Fsp3) is 0.241. The van der Waals surface area contributed by atoms with E-state index in [9.17, 15) is 4.79 Å². The Morgan fingerprint density at radius 2 is 1.79 bits per heavy atom. The van der Waals surface area contributed by atoms with E-state index in [1.165, 1.54) is 17.3 Å². The molecule has 0 unspecified atom stereocenters. The quantitative estimate of drug-likeness (QED) is 0.143. The zero-order valence-electron chi connectivity index (χ0n) is 22.0. The van der Waals surface area contributed by atoms with Crippen LogP contribution in [0.15, 0.2) is 81.5 Å². The molecule has 0 bridgehead atoms. The fourth-order valence-electron chi connectivity index (χ4n) is 3.74. The second kappa shape index (κ2) is 12.0. The van der Waals surface area contributed by atoms with Crippen molar-refractivity contribution in [2.75, 3.05) is 12.9 Å². The molecule has 0 aliphatic heterocycles. The molecule has 9 heteroatoms. The number of rotatable bonds is 8. The SMILES string of the molecule is COc1ccc(Br)cc1/C=N\NC(=O)CSc1nnc(-c2ccc(C(C)(C)C)cc2)n1-c1ccc(C)cc1. The van der Waals surface area contributed by atoms with Crippen molar-refractivity contribution in [3.8, 4) is 22.8 Å². The van der Waals surface area contributed by atoms with E-state index in [0.717, 1.165) is 32.7 Å². The Morgan fingerprint density at radius 3 is 2.45 bits per heavy atom. The summed E-state index contributed by atoms with van der Waals surface area (Å²) in [6.07, 6.45) is 1.56. The number of carbonyl (C=O) groups excluding carboxylic acids is 1. The van der Waals surface area contributed by atoms with E-state index < -0.39 is 0 Å². The number of benzene rings is 3. The molecule has 7 nitrogen and oxygen atoms in total. The van der Waals surface area contributed by atoms with Crippen LogP contribution in [-0.4, -0.2) is 39.7 Å². The summed E-state index contributed by atoms with van der Waals surface area (Å²) in [5.74, 6) is 1.25. The average molecular weight is 593 g/mol. The van der Waals surface area contributed by atoms with E-state index in [-0.39, 0.29) is 17.1 Å². The van der Waals surface area contributed by atoms with Crippen LogP contribution in [-0.2, 0) is 10.2 Å². The van der Waals surface area contributed by atoms with Crippen LogP contribution in [0.25, 0.3) is 17.1 Å². The lowest BCUT2D eigenvalue weighted by Crippen LogP contribution is -2.20. The van der Waals surface area contributed by atoms with Gasteiger partial charge in [-0.15, -0.1) is 10.2 Å². The molecule has 1 heterocycles. The van der Waals surface area contributed by atoms with Crippen LogP contribution in [0.3, 0.4) is 0 Å². The molecule has 0 saturated carbocycles. The minimum Gasteiger partial charge on any atom is -0.496 e. The molecular weight excluding hydrogens is 562 g/mol. The number of hydrogen-bond donors (Lipinski definition) is 1. The van der Waals surface area contributed by atoms with Gasteiger partial charge < -0.3 is 4.74 Å². The number of thioether (sulfide) groups is 1. The van der Waals surface area contributed by atoms with Crippen molar-refractivity contribution in [1.82, 2.24) is 20.2 Å². The lowest BCUT2D eigenvalue weighted by Gasteiger charge is -2.19. The van der Waals surface area contributed by atoms with Crippen molar-refractivity contribution >= 4 is 39.8 Å². The molecule has 0 saturated heterocycles. The fourth-order valence-corrected chi connectivity index (χ4v) is 4.86. The van der Waals surface area contributed by atoms with Gasteiger partial charge in [-0.2, -0.15) is 5.10 Å². The van der Waals surface area contributed by atoms with Crippen LogP contribution in [0.2, 0.25) is 0 Å². The molecule has 3 aromatic carbocycles. The normalized spacial score (nSPS) is 11.6. The molecule has 38 heavy (non-hydrogen) atoms. The van der Waals surface area contributed by atoms with Gasteiger partial charge in [0.15, 0.2) is 11.0 Å². The Hall–Kier alpha value is -3.43. The van der Waals surface area contributed by atoms with Gasteiger partial charge in [-0.3, -0.25) is 9.36 Å². The molecule has 1 aromatic heterocycles. The number of ether oxygens (including phenoxy) is 1. The van der Waals surface area contributed by atoms with Crippen LogP contribution in [0, 0.1) is 6.92 Å². The van der Waals surface area contributed by atoms with E-state index in [1.54, 1.807) is 13.3 Å². The van der Waals surface area contributed by atoms with Gasteiger partial charge >= 0.3 is 0 Å². The minimum atomic E-state index is -0.255. The van der Waals surface area contributed by atoms with Gasteiger partial charge in [0.05, 0.1) is 19.1 Å². The standard InChI is InChI=1S/C29H30BrN5O2S/c1-19-6-13-24(14-7-19)35-27(20-8-10-22(11-9-20)29(2,3)4)33-34-28(35)38-18-26(36)32-31-17-21-16-23(30)12-15-25(21)37-5/h6-17H,18H2,1-5H3,(H,32,36)/b31-17-. The first-order valence-corrected chi connectivity index (χ1v) is 13.8. The summed E-state index contributed by atoms with van der Waals surface area (Å²) >= 11 is 4.74. The van der Waals surface area contributed by atoms with Crippen molar-refractivity contribution in [3.63, 3.8) is 0 Å². The van der Waals surface area contributed by atoms with E-state index in [4.69, 9.17) is 4.74 Å². The van der Waals surface area contributed by atoms with E-state index in [1.807, 2.05) is 54.0 Å². The summed E-state index contributed by atoms with van der Waals surface area (Å²) < 4.78 is 8.22. The smallest absolute Gasteiger partial charge is 0.250 e. The number of aryl methyl sites for hydroxylation is 1. The van der Waals surface area contributed by atoms with Crippen molar-refractivity contribution in [2.45, 2.75) is 38.3 Å². The number of methoxy groups -OCH3 is 1. The molecule has 0 spiro atoms. The highest BCUT2D eigenvalue weighted by atomic mass is 79.9. The first-order chi connectivity index (χ1) is 18.2. The van der Waals surface area contributed by atoms with Gasteiger partial charge in [0.1, 0.15) is 5.75 Å². The average Bonchev–Trinajstić information content (AvgIpc) is 3.31. The number of nitrogens with zero attached hydrogens (tertiary/aromatic N) is 4. The van der Waals surface area contributed by atoms with Crippen LogP contribution in [0.5, 0.6) is 5.75 Å². The number of halogens is 1. The molecule has 4 rings (SSSR count). The van der Waals surface area contributed by atoms with Crippen LogP contribution >= 0.6 is 27.7 Å². The Morgan fingerprint density at radius 1 is 1.08 bits per heavy atom. The highest BCUT2D eigenvalue weighted by Gasteiger charge is 2.19. The molecule has 1 N–H and O–H groups in total. The predicted octanol–water partition coefficient (Wildman–Crippen LogP) is 6.55. The Balaban J connectivity index is 1.53. The first-order valence-electron chi connectivity index (χ1n) is 12.1. The van der Waals surface area contributed by atoms with E-state index >= 15 is 0 Å². The summed E-state index contributed by atoms with van der Waals surface area (Å²) in [6.45, 7) is 8.62. The minimum absolute atomic E-state index is 0.0577. The lowest BCUT2D eigenvalue weighted by atomic mass is 9.87. The molecule has 4 aromatic rings. The van der Waals surface area contributed by atoms with Crippen molar-refractivity contribution in [1.29, 1.82) is 0 Å². The molecule has 0 aliphatic rings. The Labute approximate surface area is 235 Å². The third-order valence-electron chi connectivity index (χ3n) is 5.85. The highest BCUT2D eigenvalue weighted by Crippen LogP contribution is 2.30. The second-order valence-electron chi connectivity index (χ2n) is 9.77. The summed E-state index contributed by atoms with van der Waals surface area (Å²) in [4.78, 5) is 12.6. The number of aromatic nitrogens is 3. The lowest BCUT2D eigenvalue weighted by molar-refractivity contribution is -0.118. The van der Waals surface area contributed by atoms with Crippen molar-refractivity contribution in [2.24, 2.45) is 5.10 Å². The number of hydrazone groups is 1. The maximum Gasteiger partial charge on any atom is 0.250 e. The summed E-state index contributed by atoms with van der Waals surface area (Å²) in [7, 11) is 1.59. The molecule has 0 atom stereocenters. The van der Waals surface area contributed by atoms with Crippen molar-refractivity contribution < 1.29 is 9.53 Å². The number of hydrogen-bond acceptors (Lipinski definition) is 6. The van der Waals surface area contributed by atoms with Gasteiger partial charge in [-0.05, 0) is 48.2 Å². The Bertz CT molecular complexity index is 1440. The van der Waals surface area contributed by atoms with E-state index in [2.05, 4.69) is 81.7 Å². The summed E-state index contributed by atoms with van der Waals surface area (Å²) in [6, 6.07) is 22.1. The summed E-state index contributed by atoms with van der Waals surface area (Å²) in [5.41, 5.74) is 7.67. The predicted molar refractivity (Wildman–Crippen MR) is 157 cm³/mol. The van der Waals surface area contributed by atoms with Gasteiger partial charge in [0.25, 0.3) is 5.91 Å². The largest absolute Gasteiger partial charge is 0.496 e. The van der Waals surface area contributed by atoms with Crippen LogP contribution < -0.4 is 10.2 Å². The van der Waals surface area contributed by atoms with Gasteiger partial charge in [0, 0.05) is 21.3 Å². The van der Waals surface area contributed by atoms with Crippen molar-refractivity contribution in [3.05, 3.63) is 87.9 Å². The maximum atomic E-state index is 12.6. The second-order valence-corrected chi connectivity index (χ2v) is 11.6. The first kappa shape index (κ1) is 27.6. The van der Waals surface area contributed by atoms with Gasteiger partial charge in [-0.25, -0.2) is 5.43 Å². The number of nitrogens with one attached hydrogen (secondary N) is 1. The number of amides is 1. The van der Waals surface area contributed by atoms with Gasteiger partial charge in [0.2, 0.25) is 0 Å². The molecule has 0 fully saturated rings. The monoisotopic (exact) mass is 591 g/mol. The molecule has 196 valence electrons. The zero-order chi connectivity index (χ0) is 27.3.